The Bertz CT molecular complexity index is 1050. The highest BCUT2D eigenvalue weighted by Crippen LogP contribution is 2.41. The highest BCUT2D eigenvalue weighted by Gasteiger charge is 2.32. The van der Waals surface area contributed by atoms with Crippen molar-refractivity contribution in [3.8, 4) is 22.9 Å². The standard InChI is InChI=1S/C21H19ClN2O5/c1-21(2)10-14-6-4-8-16(19(14)28-21)26-12-18(25)27-11-17-23-20(24-29-17)13-5-3-7-15(22)9-13/h3-9H,10-12H2,1-2H3. The smallest absolute Gasteiger partial charge is 0.344 e. The third-order valence-electron chi connectivity index (χ3n) is 4.31. The number of para-hydroxylation sites is 1. The van der Waals surface area contributed by atoms with E-state index in [2.05, 4.69) is 10.1 Å². The first-order chi connectivity index (χ1) is 13.9. The van der Waals surface area contributed by atoms with E-state index in [0.717, 1.165) is 12.0 Å². The maximum atomic E-state index is 12.0. The van der Waals surface area contributed by atoms with Gasteiger partial charge in [-0.2, -0.15) is 4.98 Å². The highest BCUT2D eigenvalue weighted by atomic mass is 35.5. The number of esters is 1. The molecule has 2 heterocycles. The number of benzene rings is 2. The number of carbonyl (C=O) groups is 1. The van der Waals surface area contributed by atoms with E-state index in [1.165, 1.54) is 0 Å². The van der Waals surface area contributed by atoms with Crippen molar-refractivity contribution in [3.05, 3.63) is 58.9 Å². The minimum Gasteiger partial charge on any atom is -0.483 e. The summed E-state index contributed by atoms with van der Waals surface area (Å²) in [5, 5.41) is 4.43. The van der Waals surface area contributed by atoms with Gasteiger partial charge in [0.05, 0.1) is 0 Å². The third kappa shape index (κ3) is 4.51. The molecule has 4 rings (SSSR count). The summed E-state index contributed by atoms with van der Waals surface area (Å²) in [7, 11) is 0. The molecule has 1 aliphatic heterocycles. The number of nitrogens with zero attached hydrogens (tertiary/aromatic N) is 2. The molecule has 0 N–H and O–H groups in total. The molecule has 0 radical (unpaired) electrons. The monoisotopic (exact) mass is 414 g/mol. The van der Waals surface area contributed by atoms with Crippen LogP contribution in [0.15, 0.2) is 47.0 Å². The van der Waals surface area contributed by atoms with Crippen LogP contribution in [0.2, 0.25) is 5.02 Å². The maximum Gasteiger partial charge on any atom is 0.344 e. The lowest BCUT2D eigenvalue weighted by atomic mass is 10.0. The molecule has 1 aromatic heterocycles. The Balaban J connectivity index is 1.31. The Morgan fingerprint density at radius 3 is 2.90 bits per heavy atom. The van der Waals surface area contributed by atoms with E-state index < -0.39 is 5.97 Å². The van der Waals surface area contributed by atoms with Gasteiger partial charge in [-0.1, -0.05) is 41.0 Å². The Morgan fingerprint density at radius 2 is 2.07 bits per heavy atom. The average molecular weight is 415 g/mol. The molecule has 1 aliphatic rings. The van der Waals surface area contributed by atoms with Gasteiger partial charge in [-0.3, -0.25) is 0 Å². The van der Waals surface area contributed by atoms with Crippen LogP contribution in [-0.2, 0) is 22.6 Å². The quantitative estimate of drug-likeness (QED) is 0.558. The predicted octanol–water partition coefficient (Wildman–Crippen LogP) is 4.23. The zero-order chi connectivity index (χ0) is 20.4. The molecule has 0 bridgehead atoms. The first kappa shape index (κ1) is 19.3. The van der Waals surface area contributed by atoms with Gasteiger partial charge in [0.2, 0.25) is 5.82 Å². The molecule has 0 saturated carbocycles. The van der Waals surface area contributed by atoms with Crippen molar-refractivity contribution in [2.75, 3.05) is 6.61 Å². The first-order valence-electron chi connectivity index (χ1n) is 9.07. The predicted molar refractivity (Wildman–Crippen MR) is 105 cm³/mol. The van der Waals surface area contributed by atoms with Crippen LogP contribution in [0, 0.1) is 0 Å². The fourth-order valence-electron chi connectivity index (χ4n) is 3.08. The number of aromatic nitrogens is 2. The van der Waals surface area contributed by atoms with Crippen LogP contribution >= 0.6 is 11.6 Å². The molecule has 0 unspecified atom stereocenters. The first-order valence-corrected chi connectivity index (χ1v) is 9.45. The minimum atomic E-state index is -0.553. The van der Waals surface area contributed by atoms with Gasteiger partial charge in [0, 0.05) is 22.6 Å². The van der Waals surface area contributed by atoms with Gasteiger partial charge in [-0.15, -0.1) is 0 Å². The van der Waals surface area contributed by atoms with Gasteiger partial charge in [-0.05, 0) is 32.0 Å². The van der Waals surface area contributed by atoms with Gasteiger partial charge in [-0.25, -0.2) is 4.79 Å². The van der Waals surface area contributed by atoms with Gasteiger partial charge in [0.1, 0.15) is 5.60 Å². The summed E-state index contributed by atoms with van der Waals surface area (Å²) in [5.74, 6) is 1.19. The van der Waals surface area contributed by atoms with Crippen molar-refractivity contribution < 1.29 is 23.5 Å². The molecule has 0 spiro atoms. The van der Waals surface area contributed by atoms with Gasteiger partial charge in [0.15, 0.2) is 24.7 Å². The van der Waals surface area contributed by atoms with Crippen molar-refractivity contribution in [2.24, 2.45) is 0 Å². The lowest BCUT2D eigenvalue weighted by Gasteiger charge is -2.18. The Kier molecular flexibility index (Phi) is 5.15. The molecule has 0 amide bonds. The van der Waals surface area contributed by atoms with Crippen LogP contribution in [0.5, 0.6) is 11.5 Å². The van der Waals surface area contributed by atoms with Crippen LogP contribution in [0.4, 0.5) is 0 Å². The molecule has 0 fully saturated rings. The molecule has 150 valence electrons. The maximum absolute atomic E-state index is 12.0. The van der Waals surface area contributed by atoms with Gasteiger partial charge < -0.3 is 18.7 Å². The Hall–Kier alpha value is -3.06. The van der Waals surface area contributed by atoms with Gasteiger partial charge in [0.25, 0.3) is 5.89 Å². The van der Waals surface area contributed by atoms with E-state index in [1.54, 1.807) is 24.3 Å². The number of hydrogen-bond donors (Lipinski definition) is 0. The molecule has 2 aromatic carbocycles. The number of hydrogen-bond acceptors (Lipinski definition) is 7. The summed E-state index contributed by atoms with van der Waals surface area (Å²) >= 11 is 5.96. The lowest BCUT2D eigenvalue weighted by Crippen LogP contribution is -2.24. The minimum absolute atomic E-state index is 0.147. The molecule has 0 atom stereocenters. The topological polar surface area (TPSA) is 83.7 Å². The summed E-state index contributed by atoms with van der Waals surface area (Å²) in [5.41, 5.74) is 1.48. The van der Waals surface area contributed by atoms with Crippen molar-refractivity contribution in [2.45, 2.75) is 32.5 Å². The largest absolute Gasteiger partial charge is 0.483 e. The van der Waals surface area contributed by atoms with Crippen LogP contribution in [0.1, 0.15) is 25.3 Å². The average Bonchev–Trinajstić information content (AvgIpc) is 3.27. The molecule has 3 aromatic rings. The molecule has 0 aliphatic carbocycles. The van der Waals surface area contributed by atoms with Crippen molar-refractivity contribution in [3.63, 3.8) is 0 Å². The van der Waals surface area contributed by atoms with E-state index in [-0.39, 0.29) is 24.7 Å². The summed E-state index contributed by atoms with van der Waals surface area (Å²) < 4.78 is 21.8. The van der Waals surface area contributed by atoms with E-state index in [9.17, 15) is 4.79 Å². The van der Waals surface area contributed by atoms with Crippen LogP contribution in [-0.4, -0.2) is 28.3 Å². The fraction of sp³-hybridized carbons (Fsp3) is 0.286. The van der Waals surface area contributed by atoms with Gasteiger partial charge >= 0.3 is 5.97 Å². The summed E-state index contributed by atoms with van der Waals surface area (Å²) in [6.07, 6.45) is 0.788. The van der Waals surface area contributed by atoms with E-state index in [0.29, 0.717) is 27.9 Å². The van der Waals surface area contributed by atoms with E-state index in [4.69, 9.17) is 30.3 Å². The molecule has 29 heavy (non-hydrogen) atoms. The number of fused-ring (bicyclic) bond motifs is 1. The highest BCUT2D eigenvalue weighted by molar-refractivity contribution is 6.30. The molecule has 8 heteroatoms. The number of carbonyl (C=O) groups excluding carboxylic acids is 1. The van der Waals surface area contributed by atoms with Crippen LogP contribution in [0.3, 0.4) is 0 Å². The van der Waals surface area contributed by atoms with E-state index in [1.807, 2.05) is 32.0 Å². The van der Waals surface area contributed by atoms with Crippen molar-refractivity contribution >= 4 is 17.6 Å². The number of ether oxygens (including phenoxy) is 3. The lowest BCUT2D eigenvalue weighted by molar-refractivity contribution is -0.148. The number of rotatable bonds is 6. The Morgan fingerprint density at radius 1 is 1.24 bits per heavy atom. The second-order valence-corrected chi connectivity index (χ2v) is 7.69. The summed E-state index contributed by atoms with van der Waals surface area (Å²) in [4.78, 5) is 16.2. The normalized spacial score (nSPS) is 14.2. The van der Waals surface area contributed by atoms with Crippen molar-refractivity contribution in [1.29, 1.82) is 0 Å². The third-order valence-corrected chi connectivity index (χ3v) is 4.54. The zero-order valence-corrected chi connectivity index (χ0v) is 16.7. The Labute approximate surface area is 172 Å². The second kappa shape index (κ2) is 7.75. The zero-order valence-electron chi connectivity index (χ0n) is 16.0. The van der Waals surface area contributed by atoms with E-state index >= 15 is 0 Å². The SMILES string of the molecule is CC1(C)Cc2cccc(OCC(=O)OCc3nc(-c4cccc(Cl)c4)no3)c2O1. The van der Waals surface area contributed by atoms with Crippen LogP contribution in [0.25, 0.3) is 11.4 Å². The number of halogens is 1. The molecular weight excluding hydrogens is 396 g/mol. The molecule has 7 nitrogen and oxygen atoms in total. The van der Waals surface area contributed by atoms with Crippen molar-refractivity contribution in [1.82, 2.24) is 10.1 Å². The van der Waals surface area contributed by atoms with Crippen LogP contribution < -0.4 is 9.47 Å². The second-order valence-electron chi connectivity index (χ2n) is 7.25. The summed E-state index contributed by atoms with van der Waals surface area (Å²) in [6, 6.07) is 12.7. The molecular formula is C21H19ClN2O5. The summed E-state index contributed by atoms with van der Waals surface area (Å²) in [6.45, 7) is 3.61. The fourth-order valence-corrected chi connectivity index (χ4v) is 3.27. The molecule has 0 saturated heterocycles.